The van der Waals surface area contributed by atoms with Gasteiger partial charge < -0.3 is 16.2 Å². The molecule has 3 rings (SSSR count). The van der Waals surface area contributed by atoms with Gasteiger partial charge in [0.2, 0.25) is 5.91 Å². The fraction of sp³-hybridized carbons (Fsp3) is 0.933. The molecule has 0 radical (unpaired) electrons. The Morgan fingerprint density at radius 2 is 1.90 bits per heavy atom. The maximum atomic E-state index is 12.2. The molecule has 2 aliphatic carbocycles. The van der Waals surface area contributed by atoms with Crippen LogP contribution in [0.15, 0.2) is 0 Å². The summed E-state index contributed by atoms with van der Waals surface area (Å²) >= 11 is 0. The molecular formula is C15H28N4O2. The van der Waals surface area contributed by atoms with Crippen LogP contribution in [0.1, 0.15) is 51.4 Å². The highest BCUT2D eigenvalue weighted by Crippen LogP contribution is 2.35. The molecular weight excluding hydrogens is 268 g/mol. The van der Waals surface area contributed by atoms with Crippen molar-refractivity contribution in [2.24, 2.45) is 17.6 Å². The van der Waals surface area contributed by atoms with E-state index in [0.717, 1.165) is 44.4 Å². The number of hydrogen-bond donors (Lipinski definition) is 5. The SMILES string of the molecule is N[C@H](CC1CCC(O)CC1)C(=O)NC1CC(C2CC2)NN1. The van der Waals surface area contributed by atoms with Crippen molar-refractivity contribution < 1.29 is 9.90 Å². The van der Waals surface area contributed by atoms with Gasteiger partial charge in [0.1, 0.15) is 0 Å². The first-order valence-electron chi connectivity index (χ1n) is 8.37. The van der Waals surface area contributed by atoms with Gasteiger partial charge in [0.25, 0.3) is 0 Å². The second-order valence-electron chi connectivity index (χ2n) is 7.05. The van der Waals surface area contributed by atoms with Crippen molar-refractivity contribution in [3.8, 4) is 0 Å². The highest BCUT2D eigenvalue weighted by molar-refractivity contribution is 5.81. The van der Waals surface area contributed by atoms with E-state index in [1.807, 2.05) is 0 Å². The van der Waals surface area contributed by atoms with Crippen LogP contribution in [0, 0.1) is 11.8 Å². The minimum Gasteiger partial charge on any atom is -0.393 e. The molecule has 3 atom stereocenters. The molecule has 3 fully saturated rings. The molecule has 6 nitrogen and oxygen atoms in total. The van der Waals surface area contributed by atoms with Crippen LogP contribution in [-0.4, -0.2) is 35.4 Å². The van der Waals surface area contributed by atoms with Crippen molar-refractivity contribution in [1.82, 2.24) is 16.2 Å². The first kappa shape index (κ1) is 15.2. The summed E-state index contributed by atoms with van der Waals surface area (Å²) in [5.41, 5.74) is 12.5. The number of rotatable bonds is 5. The van der Waals surface area contributed by atoms with E-state index in [0.29, 0.717) is 12.0 Å². The van der Waals surface area contributed by atoms with Crippen LogP contribution in [0.5, 0.6) is 0 Å². The van der Waals surface area contributed by atoms with Crippen LogP contribution in [0.3, 0.4) is 0 Å². The van der Waals surface area contributed by atoms with Crippen molar-refractivity contribution in [2.45, 2.75) is 75.7 Å². The van der Waals surface area contributed by atoms with Gasteiger partial charge >= 0.3 is 0 Å². The first-order valence-corrected chi connectivity index (χ1v) is 8.37. The lowest BCUT2D eigenvalue weighted by Crippen LogP contribution is -2.50. The fourth-order valence-electron chi connectivity index (χ4n) is 3.61. The van der Waals surface area contributed by atoms with Crippen molar-refractivity contribution >= 4 is 5.91 Å². The van der Waals surface area contributed by atoms with Crippen LogP contribution in [0.4, 0.5) is 0 Å². The summed E-state index contributed by atoms with van der Waals surface area (Å²) in [4.78, 5) is 12.2. The summed E-state index contributed by atoms with van der Waals surface area (Å²) in [5, 5.41) is 12.5. The number of nitrogens with two attached hydrogens (primary N) is 1. The Kier molecular flexibility index (Phi) is 4.78. The lowest BCUT2D eigenvalue weighted by atomic mass is 9.83. The average molecular weight is 296 g/mol. The molecule has 6 N–H and O–H groups in total. The molecule has 0 aromatic rings. The van der Waals surface area contributed by atoms with Gasteiger partial charge in [-0.1, -0.05) is 0 Å². The summed E-state index contributed by atoms with van der Waals surface area (Å²) in [5.74, 6) is 1.20. The number of nitrogens with one attached hydrogen (secondary N) is 3. The molecule has 0 bridgehead atoms. The second kappa shape index (κ2) is 6.60. The number of aliphatic hydroxyl groups is 1. The maximum absolute atomic E-state index is 12.2. The Hall–Kier alpha value is -0.690. The Morgan fingerprint density at radius 1 is 1.19 bits per heavy atom. The highest BCUT2D eigenvalue weighted by atomic mass is 16.3. The van der Waals surface area contributed by atoms with E-state index in [-0.39, 0.29) is 18.2 Å². The van der Waals surface area contributed by atoms with E-state index >= 15 is 0 Å². The van der Waals surface area contributed by atoms with Crippen molar-refractivity contribution in [3.63, 3.8) is 0 Å². The molecule has 1 aliphatic heterocycles. The maximum Gasteiger partial charge on any atom is 0.238 e. The number of hydrogen-bond acceptors (Lipinski definition) is 5. The Labute approximate surface area is 126 Å². The summed E-state index contributed by atoms with van der Waals surface area (Å²) in [6, 6.07) is 0.0541. The largest absolute Gasteiger partial charge is 0.393 e. The molecule has 0 aromatic carbocycles. The standard InChI is InChI=1S/C15H28N4O2/c16-12(7-9-1-5-11(20)6-2-9)15(21)17-14-8-13(18-19-14)10-3-4-10/h9-14,18-20H,1-8,16H2,(H,17,21)/t9?,11?,12-,13?,14?/m1/s1. The fourth-order valence-corrected chi connectivity index (χ4v) is 3.61. The third kappa shape index (κ3) is 4.16. The molecule has 2 unspecified atom stereocenters. The van der Waals surface area contributed by atoms with Gasteiger partial charge in [-0.15, -0.1) is 0 Å². The number of carbonyl (C=O) groups is 1. The van der Waals surface area contributed by atoms with Crippen LogP contribution >= 0.6 is 0 Å². The molecule has 1 heterocycles. The van der Waals surface area contributed by atoms with E-state index in [9.17, 15) is 9.90 Å². The van der Waals surface area contributed by atoms with Gasteiger partial charge in [-0.2, -0.15) is 0 Å². The zero-order chi connectivity index (χ0) is 14.8. The molecule has 120 valence electrons. The monoisotopic (exact) mass is 296 g/mol. The minimum absolute atomic E-state index is 0.00216. The average Bonchev–Trinajstić information content (AvgIpc) is 3.22. The first-order chi connectivity index (χ1) is 10.1. The van der Waals surface area contributed by atoms with Crippen LogP contribution in [-0.2, 0) is 4.79 Å². The zero-order valence-corrected chi connectivity index (χ0v) is 12.6. The summed E-state index contributed by atoms with van der Waals surface area (Å²) in [7, 11) is 0. The number of hydrazine groups is 1. The van der Waals surface area contributed by atoms with Gasteiger partial charge in [-0.25, -0.2) is 5.43 Å². The normalized spacial score (nSPS) is 38.2. The van der Waals surface area contributed by atoms with Gasteiger partial charge in [0.15, 0.2) is 0 Å². The summed E-state index contributed by atoms with van der Waals surface area (Å²) < 4.78 is 0. The molecule has 2 saturated carbocycles. The van der Waals surface area contributed by atoms with E-state index in [1.54, 1.807) is 0 Å². The van der Waals surface area contributed by atoms with Crippen molar-refractivity contribution in [1.29, 1.82) is 0 Å². The highest BCUT2D eigenvalue weighted by Gasteiger charge is 2.37. The smallest absolute Gasteiger partial charge is 0.238 e. The topological polar surface area (TPSA) is 99.4 Å². The Balaban J connectivity index is 1.38. The minimum atomic E-state index is -0.438. The predicted octanol–water partition coefficient (Wildman–Crippen LogP) is -0.0263. The van der Waals surface area contributed by atoms with E-state index in [2.05, 4.69) is 16.2 Å². The summed E-state index contributed by atoms with van der Waals surface area (Å²) in [6.07, 6.45) is 7.77. The van der Waals surface area contributed by atoms with Gasteiger partial charge in [0, 0.05) is 6.04 Å². The predicted molar refractivity (Wildman–Crippen MR) is 79.9 cm³/mol. The lowest BCUT2D eigenvalue weighted by molar-refractivity contribution is -0.123. The quantitative estimate of drug-likeness (QED) is 0.491. The molecule has 1 amide bonds. The van der Waals surface area contributed by atoms with Crippen molar-refractivity contribution in [3.05, 3.63) is 0 Å². The third-order valence-corrected chi connectivity index (χ3v) is 5.18. The third-order valence-electron chi connectivity index (χ3n) is 5.18. The molecule has 0 aromatic heterocycles. The van der Waals surface area contributed by atoms with E-state index < -0.39 is 6.04 Å². The molecule has 6 heteroatoms. The molecule has 3 aliphatic rings. The van der Waals surface area contributed by atoms with Gasteiger partial charge in [-0.05, 0) is 63.2 Å². The van der Waals surface area contributed by atoms with Crippen molar-refractivity contribution in [2.75, 3.05) is 0 Å². The number of aliphatic hydroxyl groups excluding tert-OH is 1. The summed E-state index contributed by atoms with van der Waals surface area (Å²) in [6.45, 7) is 0. The van der Waals surface area contributed by atoms with E-state index in [1.165, 1.54) is 12.8 Å². The molecule has 0 spiro atoms. The van der Waals surface area contributed by atoms with Crippen LogP contribution < -0.4 is 21.9 Å². The number of carbonyl (C=O) groups excluding carboxylic acids is 1. The van der Waals surface area contributed by atoms with Crippen LogP contribution in [0.2, 0.25) is 0 Å². The van der Waals surface area contributed by atoms with Crippen LogP contribution in [0.25, 0.3) is 0 Å². The molecule has 21 heavy (non-hydrogen) atoms. The van der Waals surface area contributed by atoms with Gasteiger partial charge in [0.05, 0.1) is 18.3 Å². The van der Waals surface area contributed by atoms with E-state index in [4.69, 9.17) is 5.73 Å². The van der Waals surface area contributed by atoms with Gasteiger partial charge in [-0.3, -0.25) is 10.2 Å². The number of amides is 1. The Morgan fingerprint density at radius 3 is 2.57 bits per heavy atom. The zero-order valence-electron chi connectivity index (χ0n) is 12.6. The lowest BCUT2D eigenvalue weighted by Gasteiger charge is -2.27. The second-order valence-corrected chi connectivity index (χ2v) is 7.05. The molecule has 1 saturated heterocycles. The Bertz CT molecular complexity index is 367.